The number of nitrogens with two attached hydrogens (primary N) is 1. The number of H-pyrrole nitrogens is 1. The summed E-state index contributed by atoms with van der Waals surface area (Å²) >= 11 is 5.96. The Hall–Kier alpha value is -2.79. The van der Waals surface area contributed by atoms with Crippen LogP contribution in [0, 0.1) is 5.92 Å². The molecule has 0 saturated heterocycles. The number of ether oxygens (including phenoxy) is 1. The first-order chi connectivity index (χ1) is 15.2. The van der Waals surface area contributed by atoms with E-state index in [1.54, 1.807) is 0 Å². The van der Waals surface area contributed by atoms with Crippen molar-refractivity contribution in [3.63, 3.8) is 0 Å². The zero-order valence-corrected chi connectivity index (χ0v) is 17.7. The maximum atomic E-state index is 12.8. The number of aromatic amines is 1. The number of hydrogen-bond acceptors (Lipinski definition) is 6. The van der Waals surface area contributed by atoms with E-state index in [4.69, 9.17) is 17.3 Å². The van der Waals surface area contributed by atoms with Crippen LogP contribution in [0.2, 0.25) is 5.02 Å². The van der Waals surface area contributed by atoms with Gasteiger partial charge in [-0.2, -0.15) is 4.98 Å². The largest absolute Gasteiger partial charge is 0.573 e. The molecule has 2 aromatic heterocycles. The molecule has 4 N–H and O–H groups in total. The number of aromatic nitrogens is 4. The maximum Gasteiger partial charge on any atom is 0.573 e. The number of halogens is 4. The minimum Gasteiger partial charge on any atom is -0.405 e. The van der Waals surface area contributed by atoms with Gasteiger partial charge in [0.15, 0.2) is 5.65 Å². The molecule has 2 heterocycles. The molecule has 1 aromatic carbocycles. The summed E-state index contributed by atoms with van der Waals surface area (Å²) in [6.45, 7) is 0.451. The molecule has 1 aliphatic rings. The molecule has 1 fully saturated rings. The average molecular weight is 471 g/mol. The molecule has 32 heavy (non-hydrogen) atoms. The predicted octanol–water partition coefficient (Wildman–Crippen LogP) is 3.65. The third-order valence-electron chi connectivity index (χ3n) is 5.53. The van der Waals surface area contributed by atoms with Crippen LogP contribution in [0.5, 0.6) is 5.75 Å². The minimum atomic E-state index is -4.88. The van der Waals surface area contributed by atoms with Crippen LogP contribution < -0.4 is 21.5 Å². The molecule has 3 aromatic rings. The predicted molar refractivity (Wildman–Crippen MR) is 114 cm³/mol. The molecule has 1 saturated carbocycles. The number of nitrogens with one attached hydrogen (secondary N) is 2. The number of benzene rings is 1. The van der Waals surface area contributed by atoms with Crippen molar-refractivity contribution in [1.82, 2.24) is 19.5 Å². The summed E-state index contributed by atoms with van der Waals surface area (Å²) in [5, 5.41) is 3.40. The summed E-state index contributed by atoms with van der Waals surface area (Å²) in [6, 6.07) is 3.98. The lowest BCUT2D eigenvalue weighted by Gasteiger charge is -2.26. The fourth-order valence-corrected chi connectivity index (χ4v) is 4.07. The van der Waals surface area contributed by atoms with E-state index in [1.807, 2.05) is 0 Å². The van der Waals surface area contributed by atoms with Gasteiger partial charge in [-0.3, -0.25) is 4.57 Å². The molecule has 0 atom stereocenters. The van der Waals surface area contributed by atoms with Crippen molar-refractivity contribution >= 4 is 28.7 Å². The summed E-state index contributed by atoms with van der Waals surface area (Å²) < 4.78 is 43.6. The maximum absolute atomic E-state index is 12.8. The normalized spacial score (nSPS) is 19.3. The van der Waals surface area contributed by atoms with Gasteiger partial charge in [0, 0.05) is 23.2 Å². The molecule has 0 amide bonds. The highest BCUT2D eigenvalue weighted by Gasteiger charge is 2.32. The fourth-order valence-electron chi connectivity index (χ4n) is 3.87. The monoisotopic (exact) mass is 470 g/mol. The Morgan fingerprint density at radius 3 is 2.75 bits per heavy atom. The molecule has 0 aliphatic heterocycles. The third-order valence-corrected chi connectivity index (χ3v) is 5.76. The number of hydrogen-bond donors (Lipinski definition) is 3. The van der Waals surface area contributed by atoms with Gasteiger partial charge in [0.2, 0.25) is 5.95 Å². The Morgan fingerprint density at radius 1 is 1.28 bits per heavy atom. The van der Waals surface area contributed by atoms with Crippen LogP contribution in [0.15, 0.2) is 29.2 Å². The minimum absolute atomic E-state index is 0.0875. The molecule has 1 aliphatic carbocycles. The van der Waals surface area contributed by atoms with E-state index in [2.05, 4.69) is 25.0 Å². The Morgan fingerprint density at radius 2 is 2.03 bits per heavy atom. The lowest BCUT2D eigenvalue weighted by molar-refractivity contribution is -0.274. The highest BCUT2D eigenvalue weighted by Crippen LogP contribution is 2.29. The molecule has 8 nitrogen and oxygen atoms in total. The molecular weight excluding hydrogens is 449 g/mol. The van der Waals surface area contributed by atoms with Gasteiger partial charge in [-0.15, -0.1) is 13.2 Å². The highest BCUT2D eigenvalue weighted by atomic mass is 35.5. The van der Waals surface area contributed by atoms with Gasteiger partial charge in [-0.1, -0.05) is 11.6 Å². The first-order valence-corrected chi connectivity index (χ1v) is 10.5. The Balaban J connectivity index is 1.58. The van der Waals surface area contributed by atoms with E-state index in [0.717, 1.165) is 31.7 Å². The van der Waals surface area contributed by atoms with E-state index < -0.39 is 17.8 Å². The van der Waals surface area contributed by atoms with Crippen molar-refractivity contribution in [2.24, 2.45) is 11.7 Å². The van der Waals surface area contributed by atoms with Crippen LogP contribution in [-0.2, 0) is 6.54 Å². The molecule has 0 spiro atoms. The Labute approximate surface area is 185 Å². The summed E-state index contributed by atoms with van der Waals surface area (Å²) in [6.07, 6.45) is 0.571. The van der Waals surface area contributed by atoms with Gasteiger partial charge in [-0.25, -0.2) is 9.78 Å². The lowest BCUT2D eigenvalue weighted by atomic mass is 9.86. The SMILES string of the molecule is N[C@H]1CC[C@H](CNc2ncc3[nH]c(=O)n(Cc4cc(Cl)ccc4OC(F)(F)F)c3n2)CC1. The zero-order chi connectivity index (χ0) is 22.9. The standard InChI is InChI=1S/C20H22ClF3N6O2/c21-13-3-6-16(32-20(22,23)24)12(7-13)10-30-17-15(28-19(30)31)9-27-18(29-17)26-8-11-1-4-14(25)5-2-11/h3,6-7,9,11,14H,1-2,4-5,8,10,25H2,(H,28,31)(H,26,27,29)/t11-,14-. The summed E-state index contributed by atoms with van der Waals surface area (Å²) in [5.41, 5.74) is 6.12. The Kier molecular flexibility index (Phi) is 6.29. The quantitative estimate of drug-likeness (QED) is 0.507. The third kappa shape index (κ3) is 5.33. The molecule has 0 unspecified atom stereocenters. The van der Waals surface area contributed by atoms with Gasteiger partial charge >= 0.3 is 12.1 Å². The topological polar surface area (TPSA) is 111 Å². The summed E-state index contributed by atoms with van der Waals surface area (Å²) in [5.74, 6) is 0.347. The first kappa shape index (κ1) is 22.4. The molecule has 0 bridgehead atoms. The van der Waals surface area contributed by atoms with Crippen LogP contribution in [0.25, 0.3) is 11.2 Å². The smallest absolute Gasteiger partial charge is 0.405 e. The summed E-state index contributed by atoms with van der Waals surface area (Å²) in [4.78, 5) is 23.7. The van der Waals surface area contributed by atoms with E-state index in [-0.39, 0.29) is 28.8 Å². The van der Waals surface area contributed by atoms with Gasteiger partial charge in [0.1, 0.15) is 11.3 Å². The Bertz CT molecular complexity index is 1150. The molecule has 12 heteroatoms. The van der Waals surface area contributed by atoms with Gasteiger partial charge in [-0.05, 0) is 49.8 Å². The van der Waals surface area contributed by atoms with Gasteiger partial charge < -0.3 is 20.8 Å². The van der Waals surface area contributed by atoms with Crippen molar-refractivity contribution in [1.29, 1.82) is 0 Å². The van der Waals surface area contributed by atoms with Crippen molar-refractivity contribution in [3.05, 3.63) is 45.5 Å². The van der Waals surface area contributed by atoms with Crippen molar-refractivity contribution in [3.8, 4) is 5.75 Å². The summed E-state index contributed by atoms with van der Waals surface area (Å²) in [7, 11) is 0. The lowest BCUT2D eigenvalue weighted by Crippen LogP contribution is -2.29. The number of rotatable bonds is 6. The van der Waals surface area contributed by atoms with Gasteiger partial charge in [0.25, 0.3) is 0 Å². The van der Waals surface area contributed by atoms with Crippen LogP contribution in [0.1, 0.15) is 31.2 Å². The molecule has 172 valence electrons. The average Bonchev–Trinajstić information content (AvgIpc) is 3.03. The van der Waals surface area contributed by atoms with Crippen molar-refractivity contribution < 1.29 is 17.9 Å². The van der Waals surface area contributed by atoms with E-state index >= 15 is 0 Å². The number of anilines is 1. The highest BCUT2D eigenvalue weighted by molar-refractivity contribution is 6.30. The second-order valence-corrected chi connectivity index (χ2v) is 8.35. The second kappa shape index (κ2) is 8.99. The van der Waals surface area contributed by atoms with Crippen molar-refractivity contribution in [2.45, 2.75) is 44.6 Å². The number of fused-ring (bicyclic) bond motifs is 1. The number of imidazole rings is 1. The van der Waals surface area contributed by atoms with Crippen LogP contribution in [0.4, 0.5) is 19.1 Å². The van der Waals surface area contributed by atoms with Gasteiger partial charge in [0.05, 0.1) is 12.7 Å². The number of nitrogens with zero attached hydrogens (tertiary/aromatic N) is 3. The zero-order valence-electron chi connectivity index (χ0n) is 17.0. The van der Waals surface area contributed by atoms with Crippen LogP contribution in [0.3, 0.4) is 0 Å². The second-order valence-electron chi connectivity index (χ2n) is 7.91. The van der Waals surface area contributed by atoms with E-state index in [9.17, 15) is 18.0 Å². The first-order valence-electron chi connectivity index (χ1n) is 10.2. The number of alkyl halides is 3. The molecular formula is C20H22ClF3N6O2. The van der Waals surface area contributed by atoms with E-state index in [0.29, 0.717) is 23.9 Å². The van der Waals surface area contributed by atoms with Crippen LogP contribution in [-0.4, -0.2) is 38.5 Å². The van der Waals surface area contributed by atoms with E-state index in [1.165, 1.54) is 22.9 Å². The fraction of sp³-hybridized carbons (Fsp3) is 0.450. The van der Waals surface area contributed by atoms with Crippen molar-refractivity contribution in [2.75, 3.05) is 11.9 Å². The van der Waals surface area contributed by atoms with Crippen LogP contribution >= 0.6 is 11.6 Å². The molecule has 0 radical (unpaired) electrons. The molecule has 4 rings (SSSR count).